The largest absolute Gasteiger partial charge is 0.308 e. The van der Waals surface area contributed by atoms with Crippen molar-refractivity contribution in [1.82, 2.24) is 15.1 Å². The van der Waals surface area contributed by atoms with E-state index < -0.39 is 0 Å². The molecule has 104 valence electrons. The number of rotatable bonds is 6. The van der Waals surface area contributed by atoms with Crippen LogP contribution in [0.4, 0.5) is 0 Å². The van der Waals surface area contributed by atoms with Crippen molar-refractivity contribution in [3.8, 4) is 0 Å². The second kappa shape index (κ2) is 6.58. The highest BCUT2D eigenvalue weighted by Gasteiger charge is 2.30. The van der Waals surface area contributed by atoms with Gasteiger partial charge in [0.2, 0.25) is 0 Å². The van der Waals surface area contributed by atoms with Crippen LogP contribution in [0.3, 0.4) is 0 Å². The molecule has 1 N–H and O–H groups in total. The molecular weight excluding hydrogens is 246 g/mol. The predicted octanol–water partition coefficient (Wildman–Crippen LogP) is 4.03. The summed E-state index contributed by atoms with van der Waals surface area (Å²) >= 11 is 6.34. The molecule has 0 aliphatic heterocycles. The van der Waals surface area contributed by atoms with Gasteiger partial charge in [-0.1, -0.05) is 46.2 Å². The molecule has 1 aromatic rings. The molecular formula is C14H26ClN3. The quantitative estimate of drug-likeness (QED) is 0.846. The molecule has 1 rings (SSSR count). The van der Waals surface area contributed by atoms with Gasteiger partial charge in [-0.05, 0) is 24.8 Å². The van der Waals surface area contributed by atoms with E-state index in [0.29, 0.717) is 0 Å². The Labute approximate surface area is 116 Å². The number of aryl methyl sites for hydroxylation is 1. The highest BCUT2D eigenvalue weighted by atomic mass is 35.5. The predicted molar refractivity (Wildman–Crippen MR) is 78.0 cm³/mol. The zero-order valence-corrected chi connectivity index (χ0v) is 13.0. The average Bonchev–Trinajstić information content (AvgIpc) is 2.61. The summed E-state index contributed by atoms with van der Waals surface area (Å²) < 4.78 is 2.04. The monoisotopic (exact) mass is 271 g/mol. The Morgan fingerprint density at radius 2 is 2.00 bits per heavy atom. The lowest BCUT2D eigenvalue weighted by molar-refractivity contribution is 0.258. The highest BCUT2D eigenvalue weighted by Crippen LogP contribution is 2.36. The molecule has 0 amide bonds. The molecule has 1 unspecified atom stereocenters. The lowest BCUT2D eigenvalue weighted by Gasteiger charge is -2.32. The van der Waals surface area contributed by atoms with E-state index in [2.05, 4.69) is 45.0 Å². The molecule has 0 saturated carbocycles. The first-order chi connectivity index (χ1) is 8.41. The Morgan fingerprint density at radius 1 is 1.33 bits per heavy atom. The van der Waals surface area contributed by atoms with Crippen LogP contribution in [-0.4, -0.2) is 16.3 Å². The smallest absolute Gasteiger partial charge is 0.0834 e. The van der Waals surface area contributed by atoms with Crippen LogP contribution in [0, 0.1) is 5.41 Å². The summed E-state index contributed by atoms with van der Waals surface area (Å²) in [5.74, 6) is 0. The van der Waals surface area contributed by atoms with Gasteiger partial charge in [-0.3, -0.25) is 4.68 Å². The molecule has 3 nitrogen and oxygen atoms in total. The second-order valence-corrected chi connectivity index (χ2v) is 6.26. The van der Waals surface area contributed by atoms with E-state index in [1.807, 2.05) is 4.68 Å². The second-order valence-electron chi connectivity index (χ2n) is 5.85. The minimum atomic E-state index is 0.115. The standard InChI is InChI=1S/C14H26ClN3/c1-6-8-16-13(14(3,4)5)12-11(15)10-17-18(12)9-7-2/h10,13,16H,6-9H2,1-5H3. The van der Waals surface area contributed by atoms with E-state index in [1.165, 1.54) is 0 Å². The minimum Gasteiger partial charge on any atom is -0.308 e. The molecule has 1 atom stereocenters. The van der Waals surface area contributed by atoms with Crippen molar-refractivity contribution in [2.75, 3.05) is 6.54 Å². The van der Waals surface area contributed by atoms with Gasteiger partial charge in [0, 0.05) is 6.54 Å². The van der Waals surface area contributed by atoms with Crippen molar-refractivity contribution in [3.63, 3.8) is 0 Å². The molecule has 0 aliphatic carbocycles. The zero-order chi connectivity index (χ0) is 13.8. The summed E-state index contributed by atoms with van der Waals surface area (Å²) in [4.78, 5) is 0. The van der Waals surface area contributed by atoms with Crippen LogP contribution in [0.25, 0.3) is 0 Å². The average molecular weight is 272 g/mol. The van der Waals surface area contributed by atoms with Gasteiger partial charge in [-0.25, -0.2) is 0 Å². The topological polar surface area (TPSA) is 29.9 Å². The third-order valence-electron chi connectivity index (χ3n) is 3.01. The van der Waals surface area contributed by atoms with Crippen molar-refractivity contribution < 1.29 is 0 Å². The Hall–Kier alpha value is -0.540. The van der Waals surface area contributed by atoms with E-state index in [9.17, 15) is 0 Å². The number of halogens is 1. The van der Waals surface area contributed by atoms with E-state index in [0.717, 1.165) is 36.6 Å². The maximum atomic E-state index is 6.34. The molecule has 1 aromatic heterocycles. The van der Waals surface area contributed by atoms with E-state index in [4.69, 9.17) is 11.6 Å². The molecule has 1 heterocycles. The molecule has 18 heavy (non-hydrogen) atoms. The molecule has 4 heteroatoms. The van der Waals surface area contributed by atoms with Gasteiger partial charge in [0.15, 0.2) is 0 Å². The summed E-state index contributed by atoms with van der Waals surface area (Å²) in [6.45, 7) is 13.0. The Morgan fingerprint density at radius 3 is 2.50 bits per heavy atom. The summed E-state index contributed by atoms with van der Waals surface area (Å²) in [5.41, 5.74) is 1.24. The van der Waals surface area contributed by atoms with Crippen LogP contribution in [-0.2, 0) is 6.54 Å². The number of nitrogens with zero attached hydrogens (tertiary/aromatic N) is 2. The van der Waals surface area contributed by atoms with Gasteiger partial charge in [0.1, 0.15) is 0 Å². The van der Waals surface area contributed by atoms with Gasteiger partial charge in [0.25, 0.3) is 0 Å². The van der Waals surface area contributed by atoms with E-state index in [-0.39, 0.29) is 11.5 Å². The first-order valence-electron chi connectivity index (χ1n) is 6.86. The first kappa shape index (κ1) is 15.5. The molecule has 0 fully saturated rings. The van der Waals surface area contributed by atoms with Crippen molar-refractivity contribution in [2.45, 2.75) is 60.0 Å². The maximum absolute atomic E-state index is 6.34. The maximum Gasteiger partial charge on any atom is 0.0834 e. The van der Waals surface area contributed by atoms with E-state index in [1.54, 1.807) is 6.20 Å². The third kappa shape index (κ3) is 3.72. The lowest BCUT2D eigenvalue weighted by atomic mass is 9.84. The Kier molecular flexibility index (Phi) is 5.67. The van der Waals surface area contributed by atoms with Crippen LogP contribution in [0.1, 0.15) is 59.2 Å². The third-order valence-corrected chi connectivity index (χ3v) is 3.30. The van der Waals surface area contributed by atoms with Crippen LogP contribution in [0.5, 0.6) is 0 Å². The number of aromatic nitrogens is 2. The number of hydrogen-bond acceptors (Lipinski definition) is 2. The number of hydrogen-bond donors (Lipinski definition) is 1. The van der Waals surface area contributed by atoms with Gasteiger partial charge in [-0.15, -0.1) is 0 Å². The normalized spacial score (nSPS) is 13.9. The van der Waals surface area contributed by atoms with Gasteiger partial charge < -0.3 is 5.32 Å². The lowest BCUT2D eigenvalue weighted by Crippen LogP contribution is -2.35. The highest BCUT2D eigenvalue weighted by molar-refractivity contribution is 6.31. The molecule has 0 aliphatic rings. The fourth-order valence-corrected chi connectivity index (χ4v) is 2.40. The molecule has 0 saturated heterocycles. The summed E-state index contributed by atoms with van der Waals surface area (Å²) in [5, 5.41) is 8.77. The van der Waals surface area contributed by atoms with Crippen LogP contribution in [0.2, 0.25) is 5.02 Å². The SMILES string of the molecule is CCCNC(c1c(Cl)cnn1CCC)C(C)(C)C. The summed E-state index contributed by atoms with van der Waals surface area (Å²) in [6.07, 6.45) is 3.95. The fraction of sp³-hybridized carbons (Fsp3) is 0.786. The summed E-state index contributed by atoms with van der Waals surface area (Å²) in [7, 11) is 0. The van der Waals surface area contributed by atoms with Crippen LogP contribution >= 0.6 is 11.6 Å². The molecule has 0 aromatic carbocycles. The van der Waals surface area contributed by atoms with Crippen molar-refractivity contribution >= 4 is 11.6 Å². The first-order valence-corrected chi connectivity index (χ1v) is 7.24. The molecule has 0 bridgehead atoms. The molecule has 0 spiro atoms. The van der Waals surface area contributed by atoms with Gasteiger partial charge in [0.05, 0.1) is 23.0 Å². The summed E-state index contributed by atoms with van der Waals surface area (Å²) in [6, 6.07) is 0.235. The van der Waals surface area contributed by atoms with Crippen molar-refractivity contribution in [3.05, 3.63) is 16.9 Å². The Bertz CT molecular complexity index is 366. The van der Waals surface area contributed by atoms with E-state index >= 15 is 0 Å². The van der Waals surface area contributed by atoms with Crippen LogP contribution < -0.4 is 5.32 Å². The van der Waals surface area contributed by atoms with Gasteiger partial charge in [-0.2, -0.15) is 5.10 Å². The van der Waals surface area contributed by atoms with Crippen LogP contribution in [0.15, 0.2) is 6.20 Å². The van der Waals surface area contributed by atoms with Crippen molar-refractivity contribution in [1.29, 1.82) is 0 Å². The Balaban J connectivity index is 3.07. The zero-order valence-electron chi connectivity index (χ0n) is 12.3. The fourth-order valence-electron chi connectivity index (χ4n) is 2.15. The molecule has 0 radical (unpaired) electrons. The van der Waals surface area contributed by atoms with Gasteiger partial charge >= 0.3 is 0 Å². The minimum absolute atomic E-state index is 0.115. The van der Waals surface area contributed by atoms with Crippen molar-refractivity contribution in [2.24, 2.45) is 5.41 Å². The number of nitrogens with one attached hydrogen (secondary N) is 1.